The van der Waals surface area contributed by atoms with Crippen LogP contribution in [0, 0.1) is 11.3 Å². The first-order chi connectivity index (χ1) is 25.6. The van der Waals surface area contributed by atoms with Gasteiger partial charge < -0.3 is 35.9 Å². The summed E-state index contributed by atoms with van der Waals surface area (Å²) in [5.41, 5.74) is -1.38. The van der Waals surface area contributed by atoms with Gasteiger partial charge in [-0.3, -0.25) is 14.4 Å². The molecule has 2 aliphatic rings. The Bertz CT molecular complexity index is 2100. The van der Waals surface area contributed by atoms with Gasteiger partial charge in [0.25, 0.3) is 5.91 Å². The van der Waals surface area contributed by atoms with E-state index in [4.69, 9.17) is 21.7 Å². The minimum Gasteiger partial charge on any atom is -0.497 e. The number of piperazine rings is 1. The largest absolute Gasteiger partial charge is 0.497 e. The lowest BCUT2D eigenvalue weighted by Crippen LogP contribution is -2.52. The molecule has 1 aliphatic heterocycles. The fraction of sp³-hybridized carbons (Fsp3) is 0.316. The van der Waals surface area contributed by atoms with Crippen LogP contribution in [-0.4, -0.2) is 83.1 Å². The summed E-state index contributed by atoms with van der Waals surface area (Å²) in [6.45, 7) is 9.20. The maximum atomic E-state index is 14.3. The van der Waals surface area contributed by atoms with Crippen LogP contribution >= 0.6 is 11.6 Å². The number of halogens is 4. The number of rotatable bonds is 12. The third-order valence-electron chi connectivity index (χ3n) is 9.08. The van der Waals surface area contributed by atoms with Gasteiger partial charge in [0.15, 0.2) is 0 Å². The van der Waals surface area contributed by atoms with Gasteiger partial charge in [-0.1, -0.05) is 25.7 Å². The summed E-state index contributed by atoms with van der Waals surface area (Å²) in [6.07, 6.45) is 2.34. The fourth-order valence-corrected chi connectivity index (χ4v) is 6.46. The molecule has 2 aromatic carbocycles. The molecule has 1 fully saturated rings. The molecule has 1 aliphatic carbocycles. The first-order valence-corrected chi connectivity index (χ1v) is 17.4. The van der Waals surface area contributed by atoms with Crippen molar-refractivity contribution in [2.45, 2.75) is 37.7 Å². The zero-order valence-corrected chi connectivity index (χ0v) is 30.6. The van der Waals surface area contributed by atoms with E-state index in [-0.39, 0.29) is 41.9 Å². The van der Waals surface area contributed by atoms with Gasteiger partial charge in [-0.2, -0.15) is 13.2 Å². The minimum absolute atomic E-state index is 0.0213. The Kier molecular flexibility index (Phi) is 12.1. The van der Waals surface area contributed by atoms with E-state index in [1.807, 2.05) is 19.1 Å². The van der Waals surface area contributed by atoms with Gasteiger partial charge in [-0.15, -0.1) is 11.6 Å². The molecule has 12 nitrogen and oxygen atoms in total. The molecular weight excluding hydrogens is 725 g/mol. The summed E-state index contributed by atoms with van der Waals surface area (Å²) in [5, 5.41) is 16.6. The number of ether oxygens (including phenoxy) is 1. The van der Waals surface area contributed by atoms with Gasteiger partial charge in [0.2, 0.25) is 11.8 Å². The number of benzene rings is 2. The number of hydrogen-bond acceptors (Lipinski definition) is 9. The number of methoxy groups -OCH3 is 1. The molecule has 4 N–H and O–H groups in total. The number of anilines is 4. The molecule has 54 heavy (non-hydrogen) atoms. The summed E-state index contributed by atoms with van der Waals surface area (Å²) < 4.78 is 48.0. The highest BCUT2D eigenvalue weighted by Crippen LogP contribution is 2.35. The molecule has 0 bridgehead atoms. The normalized spacial score (nSPS) is 18.5. The minimum atomic E-state index is -5.02. The Morgan fingerprint density at radius 2 is 1.70 bits per heavy atom. The summed E-state index contributed by atoms with van der Waals surface area (Å²) in [4.78, 5) is 49.8. The highest BCUT2D eigenvalue weighted by Gasteiger charge is 2.38. The average Bonchev–Trinajstić information content (AvgIpc) is 3.14. The summed E-state index contributed by atoms with van der Waals surface area (Å²) in [5.74, 6) is -0.897. The first kappa shape index (κ1) is 39.5. The van der Waals surface area contributed by atoms with E-state index < -0.39 is 28.2 Å². The predicted molar refractivity (Wildman–Crippen MR) is 203 cm³/mol. The van der Waals surface area contributed by atoms with Crippen molar-refractivity contribution in [1.29, 1.82) is 5.41 Å². The van der Waals surface area contributed by atoms with Crippen LogP contribution in [-0.2, 0) is 20.8 Å². The molecule has 3 amide bonds. The zero-order chi connectivity index (χ0) is 39.2. The van der Waals surface area contributed by atoms with E-state index in [2.05, 4.69) is 37.4 Å². The molecule has 3 aromatic rings. The van der Waals surface area contributed by atoms with E-state index in [9.17, 15) is 27.6 Å². The summed E-state index contributed by atoms with van der Waals surface area (Å²) in [7, 11) is 1.42. The van der Waals surface area contributed by atoms with Crippen molar-refractivity contribution in [2.24, 2.45) is 5.92 Å². The smallest absolute Gasteiger partial charge is 0.432 e. The van der Waals surface area contributed by atoms with Crippen LogP contribution in [0.1, 0.15) is 25.8 Å². The van der Waals surface area contributed by atoms with Crippen LogP contribution < -0.4 is 36.2 Å². The third kappa shape index (κ3) is 9.26. The van der Waals surface area contributed by atoms with Crippen molar-refractivity contribution < 1.29 is 32.3 Å². The van der Waals surface area contributed by atoms with Crippen LogP contribution in [0.2, 0.25) is 0 Å². The van der Waals surface area contributed by atoms with Gasteiger partial charge in [-0.05, 0) is 67.4 Å². The molecular formula is C38H40ClF3N8O4. The summed E-state index contributed by atoms with van der Waals surface area (Å²) in [6, 6.07) is 10.3. The third-order valence-corrected chi connectivity index (χ3v) is 9.47. The average molecular weight is 765 g/mol. The van der Waals surface area contributed by atoms with Gasteiger partial charge in [0.05, 0.1) is 22.9 Å². The second-order valence-corrected chi connectivity index (χ2v) is 13.7. The number of hydrogen-bond donors (Lipinski definition) is 4. The van der Waals surface area contributed by atoms with Gasteiger partial charge in [0.1, 0.15) is 23.6 Å². The van der Waals surface area contributed by atoms with Crippen LogP contribution in [0.3, 0.4) is 0 Å². The quantitative estimate of drug-likeness (QED) is 0.119. The van der Waals surface area contributed by atoms with Gasteiger partial charge in [0, 0.05) is 67.0 Å². The van der Waals surface area contributed by atoms with Crippen LogP contribution in [0.5, 0.6) is 5.75 Å². The topological polar surface area (TPSA) is 153 Å². The number of allylic oxidation sites excluding steroid dienone is 1. The molecule has 1 aromatic heterocycles. The first-order valence-electron chi connectivity index (χ1n) is 17.0. The lowest BCUT2D eigenvalue weighted by atomic mass is 9.83. The Hall–Kier alpha value is -5.70. The van der Waals surface area contributed by atoms with E-state index in [0.717, 1.165) is 5.22 Å². The Balaban J connectivity index is 1.45. The van der Waals surface area contributed by atoms with Crippen molar-refractivity contribution in [3.8, 4) is 5.75 Å². The molecule has 2 atom stereocenters. The number of amides is 3. The molecule has 0 spiro atoms. The zero-order valence-electron chi connectivity index (χ0n) is 29.9. The number of carbonyl (C=O) groups excluding carboxylic acids is 3. The predicted octanol–water partition coefficient (Wildman–Crippen LogP) is 4.62. The molecule has 16 heteroatoms. The monoisotopic (exact) mass is 764 g/mol. The fourth-order valence-electron chi connectivity index (χ4n) is 6.21. The molecule has 0 radical (unpaired) electrons. The number of aromatic nitrogens is 2. The Morgan fingerprint density at radius 1 is 1.04 bits per heavy atom. The number of fused-ring (bicyclic) bond motifs is 1. The van der Waals surface area contributed by atoms with Crippen molar-refractivity contribution in [2.75, 3.05) is 54.1 Å². The van der Waals surface area contributed by atoms with Crippen molar-refractivity contribution in [3.63, 3.8) is 0 Å². The second-order valence-electron chi connectivity index (χ2n) is 12.8. The van der Waals surface area contributed by atoms with Crippen LogP contribution in [0.15, 0.2) is 72.7 Å². The molecule has 2 heterocycles. The number of alkyl halides is 4. The number of nitrogens with one attached hydrogen (secondary N) is 4. The Labute approximate surface area is 314 Å². The van der Waals surface area contributed by atoms with Gasteiger partial charge >= 0.3 is 6.18 Å². The maximum Gasteiger partial charge on any atom is 0.432 e. The van der Waals surface area contributed by atoms with Crippen LogP contribution in [0.25, 0.3) is 12.2 Å². The van der Waals surface area contributed by atoms with E-state index in [0.29, 0.717) is 60.6 Å². The molecule has 0 saturated carbocycles. The molecule has 2 unspecified atom stereocenters. The number of carbonyl (C=O) groups is 3. The highest BCUT2D eigenvalue weighted by molar-refractivity contribution is 6.28. The van der Waals surface area contributed by atoms with E-state index in [1.165, 1.54) is 49.8 Å². The summed E-state index contributed by atoms with van der Waals surface area (Å²) >= 11 is 7.19. The van der Waals surface area contributed by atoms with E-state index in [1.54, 1.807) is 24.0 Å². The number of nitrogens with zero attached hydrogens (tertiary/aromatic N) is 4. The Morgan fingerprint density at radius 3 is 2.30 bits per heavy atom. The lowest BCUT2D eigenvalue weighted by molar-refractivity contribution is -0.126. The lowest BCUT2D eigenvalue weighted by Gasteiger charge is -2.36. The molecule has 5 rings (SSSR count). The van der Waals surface area contributed by atoms with E-state index >= 15 is 0 Å². The molecule has 284 valence electrons. The van der Waals surface area contributed by atoms with Crippen molar-refractivity contribution in [1.82, 2.24) is 14.9 Å². The highest BCUT2D eigenvalue weighted by atomic mass is 35.5. The van der Waals surface area contributed by atoms with Crippen LogP contribution in [0.4, 0.5) is 36.1 Å². The SMILES string of the molecule is C=CC(=O)N1CCN(c2ncnc3c2=CC(C)(Cl)C(Cc2cc(NC(=O)CC)cc(NC(=O)/C(C=N)=C(/Nc4ccc(OC)cc4)C(F)(F)F)c2)C=3)CC1. The van der Waals surface area contributed by atoms with Gasteiger partial charge in [-0.25, -0.2) is 9.97 Å². The standard InChI is InChI=1S/C38H40ClF3N8O4/c1-5-32(51)46-26-16-23(17-27(19-26)48-36(53)30(21-43)34(38(40,41)42)47-25-7-9-28(54-4)10-8-25)15-24-18-31-29(20-37(24,3)39)35(45-22-44-31)50-13-11-49(12-14-50)33(52)6-2/h6-10,16-22,24,43,47H,2,5,11-15H2,1,3-4H3,(H,46,51)(H,48,53)/b34-30+,43-21?. The van der Waals surface area contributed by atoms with Crippen molar-refractivity contribution >= 4 is 70.6 Å². The van der Waals surface area contributed by atoms with Crippen molar-refractivity contribution in [3.05, 3.63) is 88.8 Å². The second kappa shape index (κ2) is 16.5. The molecule has 1 saturated heterocycles. The maximum absolute atomic E-state index is 14.3.